The smallest absolute Gasteiger partial charge is 0.309 e. The van der Waals surface area contributed by atoms with Crippen molar-refractivity contribution < 1.29 is 23.5 Å². The van der Waals surface area contributed by atoms with Gasteiger partial charge in [-0.1, -0.05) is 0 Å². The van der Waals surface area contributed by atoms with Crippen molar-refractivity contribution in [1.82, 2.24) is 5.32 Å². The first-order chi connectivity index (χ1) is 9.22. The van der Waals surface area contributed by atoms with E-state index in [1.807, 2.05) is 0 Å². The predicted octanol–water partition coefficient (Wildman–Crippen LogP) is 2.12. The molecule has 0 atom stereocenters. The van der Waals surface area contributed by atoms with Gasteiger partial charge < -0.3 is 10.4 Å². The van der Waals surface area contributed by atoms with Gasteiger partial charge in [0, 0.05) is 12.1 Å². The number of amides is 1. The lowest BCUT2D eigenvalue weighted by molar-refractivity contribution is -0.147. The molecule has 0 spiro atoms. The second-order valence-corrected chi connectivity index (χ2v) is 5.20. The van der Waals surface area contributed by atoms with E-state index >= 15 is 0 Å². The molecule has 20 heavy (non-hydrogen) atoms. The van der Waals surface area contributed by atoms with Crippen LogP contribution in [0.5, 0.6) is 0 Å². The van der Waals surface area contributed by atoms with Crippen molar-refractivity contribution in [3.8, 4) is 0 Å². The van der Waals surface area contributed by atoms with Crippen LogP contribution in [0.2, 0.25) is 0 Å². The van der Waals surface area contributed by atoms with Crippen LogP contribution in [0.1, 0.15) is 25.8 Å². The van der Waals surface area contributed by atoms with Gasteiger partial charge in [-0.05, 0) is 38.5 Å². The van der Waals surface area contributed by atoms with Crippen LogP contribution in [0.3, 0.4) is 0 Å². The Balaban J connectivity index is 2.49. The van der Waals surface area contributed by atoms with Gasteiger partial charge in [0.2, 0.25) is 5.91 Å². The lowest BCUT2D eigenvalue weighted by Crippen LogP contribution is -2.32. The monoisotopic (exact) mass is 285 g/mol. The summed E-state index contributed by atoms with van der Waals surface area (Å²) in [7, 11) is 0. The SMILES string of the molecule is CC(C)(CCNC(=O)Cc1cc(F)ccc1F)C(=O)O. The summed E-state index contributed by atoms with van der Waals surface area (Å²) in [5.41, 5.74) is -0.975. The molecule has 0 aliphatic rings. The fraction of sp³-hybridized carbons (Fsp3) is 0.429. The van der Waals surface area contributed by atoms with Crippen LogP contribution >= 0.6 is 0 Å². The van der Waals surface area contributed by atoms with Crippen molar-refractivity contribution in [3.05, 3.63) is 35.4 Å². The minimum atomic E-state index is -0.956. The van der Waals surface area contributed by atoms with Crippen LogP contribution in [0.25, 0.3) is 0 Å². The molecule has 1 amide bonds. The number of carboxylic acids is 1. The zero-order valence-electron chi connectivity index (χ0n) is 11.4. The molecule has 0 aliphatic heterocycles. The molecule has 0 fully saturated rings. The van der Waals surface area contributed by atoms with Crippen LogP contribution in [0, 0.1) is 17.0 Å². The van der Waals surface area contributed by atoms with Gasteiger partial charge in [-0.2, -0.15) is 0 Å². The largest absolute Gasteiger partial charge is 0.481 e. The summed E-state index contributed by atoms with van der Waals surface area (Å²) < 4.78 is 26.3. The number of carboxylic acid groups (broad SMARTS) is 1. The van der Waals surface area contributed by atoms with Crippen LogP contribution in [-0.4, -0.2) is 23.5 Å². The molecular formula is C14H17F2NO3. The molecule has 0 aromatic heterocycles. The van der Waals surface area contributed by atoms with E-state index in [1.165, 1.54) is 0 Å². The third-order valence-electron chi connectivity index (χ3n) is 3.01. The third-order valence-corrected chi connectivity index (χ3v) is 3.01. The fourth-order valence-electron chi connectivity index (χ4n) is 1.54. The molecule has 110 valence electrons. The highest BCUT2D eigenvalue weighted by molar-refractivity contribution is 5.78. The molecule has 0 saturated heterocycles. The van der Waals surface area contributed by atoms with Gasteiger partial charge >= 0.3 is 5.97 Å². The van der Waals surface area contributed by atoms with Gasteiger partial charge in [0.1, 0.15) is 11.6 Å². The van der Waals surface area contributed by atoms with Crippen molar-refractivity contribution >= 4 is 11.9 Å². The van der Waals surface area contributed by atoms with Crippen LogP contribution in [-0.2, 0) is 16.0 Å². The standard InChI is InChI=1S/C14H17F2NO3/c1-14(2,13(19)20)5-6-17-12(18)8-9-7-10(15)3-4-11(9)16/h3-4,7H,5-6,8H2,1-2H3,(H,17,18)(H,19,20). The molecule has 2 N–H and O–H groups in total. The van der Waals surface area contributed by atoms with Gasteiger partial charge in [0.25, 0.3) is 0 Å². The highest BCUT2D eigenvalue weighted by atomic mass is 19.1. The first-order valence-corrected chi connectivity index (χ1v) is 6.16. The average molecular weight is 285 g/mol. The van der Waals surface area contributed by atoms with Gasteiger partial charge in [0.15, 0.2) is 0 Å². The first kappa shape index (κ1) is 16.1. The number of halogens is 2. The molecule has 0 heterocycles. The first-order valence-electron chi connectivity index (χ1n) is 6.16. The topological polar surface area (TPSA) is 66.4 Å². The van der Waals surface area contributed by atoms with E-state index in [0.717, 1.165) is 18.2 Å². The summed E-state index contributed by atoms with van der Waals surface area (Å²) in [6.07, 6.45) is -0.0310. The van der Waals surface area contributed by atoms with Gasteiger partial charge in [-0.15, -0.1) is 0 Å². The van der Waals surface area contributed by atoms with Gasteiger partial charge in [0.05, 0.1) is 11.8 Å². The minimum Gasteiger partial charge on any atom is -0.481 e. The minimum absolute atomic E-state index is 0.0278. The molecule has 0 bridgehead atoms. The van der Waals surface area contributed by atoms with Crippen molar-refractivity contribution in [3.63, 3.8) is 0 Å². The Hall–Kier alpha value is -1.98. The number of rotatable bonds is 6. The Morgan fingerprint density at radius 2 is 1.95 bits per heavy atom. The van der Waals surface area contributed by atoms with E-state index in [9.17, 15) is 18.4 Å². The number of hydrogen-bond donors (Lipinski definition) is 2. The van der Waals surface area contributed by atoms with Crippen molar-refractivity contribution in [2.75, 3.05) is 6.54 Å². The quantitative estimate of drug-likeness (QED) is 0.841. The lowest BCUT2D eigenvalue weighted by atomic mass is 9.90. The van der Waals surface area contributed by atoms with Crippen molar-refractivity contribution in [1.29, 1.82) is 0 Å². The van der Waals surface area contributed by atoms with E-state index in [2.05, 4.69) is 5.32 Å². The molecule has 1 aromatic rings. The third kappa shape index (κ3) is 4.60. The average Bonchev–Trinajstić information content (AvgIpc) is 2.33. The molecule has 0 radical (unpaired) electrons. The normalized spacial score (nSPS) is 11.2. The molecular weight excluding hydrogens is 268 g/mol. The van der Waals surface area contributed by atoms with E-state index in [4.69, 9.17) is 5.11 Å². The fourth-order valence-corrected chi connectivity index (χ4v) is 1.54. The van der Waals surface area contributed by atoms with Crippen molar-refractivity contribution in [2.24, 2.45) is 5.41 Å². The van der Waals surface area contributed by atoms with Crippen LogP contribution in [0.4, 0.5) is 8.78 Å². The molecule has 4 nitrogen and oxygen atoms in total. The maximum atomic E-state index is 13.3. The summed E-state index contributed by atoms with van der Waals surface area (Å²) in [5, 5.41) is 11.4. The number of hydrogen-bond acceptors (Lipinski definition) is 2. The van der Waals surface area contributed by atoms with Gasteiger partial charge in [-0.3, -0.25) is 9.59 Å². The Bertz CT molecular complexity index is 515. The maximum Gasteiger partial charge on any atom is 0.309 e. The molecule has 1 aromatic carbocycles. The number of carbonyl (C=O) groups is 2. The summed E-state index contributed by atoms with van der Waals surface area (Å²) in [4.78, 5) is 22.4. The number of carbonyl (C=O) groups excluding carboxylic acids is 1. The maximum absolute atomic E-state index is 13.3. The Morgan fingerprint density at radius 3 is 2.55 bits per heavy atom. The number of aliphatic carboxylic acids is 1. The van der Waals surface area contributed by atoms with E-state index in [1.54, 1.807) is 13.8 Å². The van der Waals surface area contributed by atoms with Gasteiger partial charge in [-0.25, -0.2) is 8.78 Å². The summed E-state index contributed by atoms with van der Waals surface area (Å²) in [6.45, 7) is 3.26. The molecule has 0 saturated carbocycles. The van der Waals surface area contributed by atoms with E-state index < -0.39 is 28.9 Å². The van der Waals surface area contributed by atoms with Crippen LogP contribution < -0.4 is 5.32 Å². The summed E-state index contributed by atoms with van der Waals surface area (Å²) >= 11 is 0. The molecule has 1 rings (SSSR count). The Morgan fingerprint density at radius 1 is 1.30 bits per heavy atom. The van der Waals surface area contributed by atoms with E-state index in [-0.39, 0.29) is 24.9 Å². The molecule has 0 aliphatic carbocycles. The Labute approximate surface area is 115 Å². The summed E-state index contributed by atoms with van der Waals surface area (Å²) in [5.74, 6) is -2.69. The predicted molar refractivity (Wildman–Crippen MR) is 69.1 cm³/mol. The highest BCUT2D eigenvalue weighted by Crippen LogP contribution is 2.19. The highest BCUT2D eigenvalue weighted by Gasteiger charge is 2.26. The second-order valence-electron chi connectivity index (χ2n) is 5.20. The van der Waals surface area contributed by atoms with Crippen molar-refractivity contribution in [2.45, 2.75) is 26.7 Å². The van der Waals surface area contributed by atoms with E-state index in [0.29, 0.717) is 0 Å². The van der Waals surface area contributed by atoms with Crippen LogP contribution in [0.15, 0.2) is 18.2 Å². The second kappa shape index (κ2) is 6.45. The zero-order chi connectivity index (χ0) is 15.3. The molecule has 0 unspecified atom stereocenters. The number of benzene rings is 1. The lowest BCUT2D eigenvalue weighted by Gasteiger charge is -2.18. The molecule has 6 heteroatoms. The number of nitrogens with one attached hydrogen (secondary N) is 1. The summed E-state index contributed by atoms with van der Waals surface area (Å²) in [6, 6.07) is 2.91. The Kier molecular flexibility index (Phi) is 5.19. The zero-order valence-corrected chi connectivity index (χ0v) is 11.4.